The molecule has 0 radical (unpaired) electrons. The Balaban J connectivity index is 1.89. The Morgan fingerprint density at radius 1 is 1.37 bits per heavy atom. The minimum Gasteiger partial charge on any atom is -0.398 e. The Labute approximate surface area is 115 Å². The van der Waals surface area contributed by atoms with Gasteiger partial charge in [-0.15, -0.1) is 0 Å². The van der Waals surface area contributed by atoms with E-state index < -0.39 is 0 Å². The van der Waals surface area contributed by atoms with Crippen LogP contribution in [0.3, 0.4) is 0 Å². The summed E-state index contributed by atoms with van der Waals surface area (Å²) in [6, 6.07) is 5.62. The fourth-order valence-electron chi connectivity index (χ4n) is 2.50. The number of carbonyl (C=O) groups is 1. The zero-order valence-electron chi connectivity index (χ0n) is 11.9. The molecule has 0 aliphatic carbocycles. The van der Waals surface area contributed by atoms with Gasteiger partial charge in [0.15, 0.2) is 0 Å². The summed E-state index contributed by atoms with van der Waals surface area (Å²) in [5.74, 6) is 1.37. The van der Waals surface area contributed by atoms with Gasteiger partial charge in [-0.05, 0) is 36.5 Å². The fraction of sp³-hybridized carbons (Fsp3) is 0.533. The summed E-state index contributed by atoms with van der Waals surface area (Å²) in [5.41, 5.74) is 8.34. The summed E-state index contributed by atoms with van der Waals surface area (Å²) in [4.78, 5) is 14.2. The topological polar surface area (TPSA) is 58.4 Å². The Bertz CT molecular complexity index is 462. The number of nitrogen functional groups attached to an aromatic ring is 1. The third kappa shape index (κ3) is 3.47. The van der Waals surface area contributed by atoms with Crippen LogP contribution in [-0.4, -0.2) is 30.4 Å². The van der Waals surface area contributed by atoms with Gasteiger partial charge in [-0.1, -0.05) is 19.9 Å². The maximum Gasteiger partial charge on any atom is 0.238 e. The molecule has 1 aromatic rings. The average molecular weight is 261 g/mol. The normalized spacial score (nSPS) is 23.5. The van der Waals surface area contributed by atoms with Crippen LogP contribution in [0.2, 0.25) is 0 Å². The molecule has 1 fully saturated rings. The van der Waals surface area contributed by atoms with Crippen LogP contribution < -0.4 is 11.1 Å². The molecule has 1 heterocycles. The van der Waals surface area contributed by atoms with Crippen molar-refractivity contribution in [1.29, 1.82) is 0 Å². The molecule has 4 heteroatoms. The minimum atomic E-state index is 0.0320. The highest BCUT2D eigenvalue weighted by atomic mass is 16.2. The molecule has 1 aliphatic rings. The smallest absolute Gasteiger partial charge is 0.238 e. The van der Waals surface area contributed by atoms with Gasteiger partial charge in [0, 0.05) is 24.5 Å². The monoisotopic (exact) mass is 261 g/mol. The van der Waals surface area contributed by atoms with Gasteiger partial charge in [0.1, 0.15) is 0 Å². The Hall–Kier alpha value is -1.55. The van der Waals surface area contributed by atoms with Crippen LogP contribution in [-0.2, 0) is 4.79 Å². The van der Waals surface area contributed by atoms with Crippen LogP contribution in [0.5, 0.6) is 0 Å². The van der Waals surface area contributed by atoms with Crippen molar-refractivity contribution in [3.63, 3.8) is 0 Å². The number of nitrogens with one attached hydrogen (secondary N) is 1. The highest BCUT2D eigenvalue weighted by Gasteiger charge is 2.27. The lowest BCUT2D eigenvalue weighted by Crippen LogP contribution is -2.31. The van der Waals surface area contributed by atoms with Gasteiger partial charge in [-0.3, -0.25) is 9.69 Å². The predicted octanol–water partition coefficient (Wildman–Crippen LogP) is 2.10. The molecule has 1 aliphatic heterocycles. The van der Waals surface area contributed by atoms with Crippen molar-refractivity contribution in [3.05, 3.63) is 23.8 Å². The molecule has 0 saturated carbocycles. The summed E-state index contributed by atoms with van der Waals surface area (Å²) in [6.07, 6.45) is 0. The fourth-order valence-corrected chi connectivity index (χ4v) is 2.50. The van der Waals surface area contributed by atoms with Gasteiger partial charge in [0.2, 0.25) is 5.91 Å². The van der Waals surface area contributed by atoms with Crippen LogP contribution in [0.4, 0.5) is 11.4 Å². The van der Waals surface area contributed by atoms with E-state index in [1.54, 1.807) is 0 Å². The Morgan fingerprint density at radius 3 is 2.58 bits per heavy atom. The van der Waals surface area contributed by atoms with E-state index in [4.69, 9.17) is 5.73 Å². The number of rotatable bonds is 3. The molecule has 19 heavy (non-hydrogen) atoms. The van der Waals surface area contributed by atoms with Gasteiger partial charge < -0.3 is 11.1 Å². The zero-order chi connectivity index (χ0) is 14.0. The molecule has 4 nitrogen and oxygen atoms in total. The second-order valence-electron chi connectivity index (χ2n) is 5.77. The molecule has 1 saturated heterocycles. The predicted molar refractivity (Wildman–Crippen MR) is 79.0 cm³/mol. The van der Waals surface area contributed by atoms with Crippen LogP contribution in [0.25, 0.3) is 0 Å². The number of carbonyl (C=O) groups excluding carboxylic acids is 1. The lowest BCUT2D eigenvalue weighted by molar-refractivity contribution is -0.117. The highest BCUT2D eigenvalue weighted by Crippen LogP contribution is 2.22. The lowest BCUT2D eigenvalue weighted by atomic mass is 10.0. The second-order valence-corrected chi connectivity index (χ2v) is 5.77. The van der Waals surface area contributed by atoms with E-state index in [1.165, 1.54) is 0 Å². The van der Waals surface area contributed by atoms with Crippen molar-refractivity contribution in [3.8, 4) is 0 Å². The van der Waals surface area contributed by atoms with Crippen molar-refractivity contribution >= 4 is 17.3 Å². The maximum absolute atomic E-state index is 12.0. The van der Waals surface area contributed by atoms with Gasteiger partial charge in [-0.2, -0.15) is 0 Å². The molecule has 0 bridgehead atoms. The Kier molecular flexibility index (Phi) is 4.10. The van der Waals surface area contributed by atoms with Crippen molar-refractivity contribution in [1.82, 2.24) is 4.90 Å². The molecule has 2 rings (SSSR count). The van der Waals surface area contributed by atoms with Gasteiger partial charge >= 0.3 is 0 Å². The molecule has 0 spiro atoms. The molecule has 3 N–H and O–H groups in total. The van der Waals surface area contributed by atoms with Crippen LogP contribution in [0, 0.1) is 18.8 Å². The standard InChI is InChI=1S/C15H23N3O/c1-10-4-5-13(6-14(10)16)17-15(19)9-18-7-11(2)12(3)8-18/h4-6,11-12H,7-9,16H2,1-3H3,(H,17,19). The highest BCUT2D eigenvalue weighted by molar-refractivity contribution is 5.92. The number of hydrogen-bond acceptors (Lipinski definition) is 3. The molecule has 2 unspecified atom stereocenters. The lowest BCUT2D eigenvalue weighted by Gasteiger charge is -2.15. The largest absolute Gasteiger partial charge is 0.398 e. The molecule has 1 aromatic carbocycles. The first-order chi connectivity index (χ1) is 8.95. The van der Waals surface area contributed by atoms with Crippen molar-refractivity contribution in [2.45, 2.75) is 20.8 Å². The molecule has 2 atom stereocenters. The van der Waals surface area contributed by atoms with Gasteiger partial charge in [0.25, 0.3) is 0 Å². The molecule has 1 amide bonds. The average Bonchev–Trinajstić information content (AvgIpc) is 2.63. The van der Waals surface area contributed by atoms with Crippen LogP contribution in [0.1, 0.15) is 19.4 Å². The molecular weight excluding hydrogens is 238 g/mol. The van der Waals surface area contributed by atoms with E-state index in [1.807, 2.05) is 25.1 Å². The summed E-state index contributed by atoms with van der Waals surface area (Å²) in [7, 11) is 0. The van der Waals surface area contributed by atoms with E-state index >= 15 is 0 Å². The van der Waals surface area contributed by atoms with E-state index in [-0.39, 0.29) is 5.91 Å². The maximum atomic E-state index is 12.0. The third-order valence-electron chi connectivity index (χ3n) is 3.99. The summed E-state index contributed by atoms with van der Waals surface area (Å²) < 4.78 is 0. The Morgan fingerprint density at radius 2 is 2.00 bits per heavy atom. The van der Waals surface area contributed by atoms with E-state index in [2.05, 4.69) is 24.1 Å². The number of aryl methyl sites for hydroxylation is 1. The van der Waals surface area contributed by atoms with Gasteiger partial charge in [0.05, 0.1) is 6.54 Å². The quantitative estimate of drug-likeness (QED) is 0.819. The third-order valence-corrected chi connectivity index (χ3v) is 3.99. The number of likely N-dealkylation sites (tertiary alicyclic amines) is 1. The van der Waals surface area contributed by atoms with E-state index in [9.17, 15) is 4.79 Å². The van der Waals surface area contributed by atoms with Crippen molar-refractivity contribution < 1.29 is 4.79 Å². The second kappa shape index (κ2) is 5.61. The van der Waals surface area contributed by atoms with E-state index in [0.29, 0.717) is 24.1 Å². The summed E-state index contributed by atoms with van der Waals surface area (Å²) in [5, 5.41) is 2.91. The molecule has 0 aromatic heterocycles. The van der Waals surface area contributed by atoms with Crippen molar-refractivity contribution in [2.24, 2.45) is 11.8 Å². The summed E-state index contributed by atoms with van der Waals surface area (Å²) >= 11 is 0. The number of anilines is 2. The first-order valence-electron chi connectivity index (χ1n) is 6.84. The number of benzene rings is 1. The first kappa shape index (κ1) is 13.9. The minimum absolute atomic E-state index is 0.0320. The number of hydrogen-bond donors (Lipinski definition) is 2. The molecular formula is C15H23N3O. The van der Waals surface area contributed by atoms with Crippen molar-refractivity contribution in [2.75, 3.05) is 30.7 Å². The van der Waals surface area contributed by atoms with E-state index in [0.717, 1.165) is 24.3 Å². The molecule has 104 valence electrons. The number of amides is 1. The summed E-state index contributed by atoms with van der Waals surface area (Å²) in [6.45, 7) is 8.90. The van der Waals surface area contributed by atoms with Crippen LogP contribution in [0.15, 0.2) is 18.2 Å². The zero-order valence-corrected chi connectivity index (χ0v) is 11.9. The van der Waals surface area contributed by atoms with Crippen LogP contribution >= 0.6 is 0 Å². The van der Waals surface area contributed by atoms with Gasteiger partial charge in [-0.25, -0.2) is 0 Å². The number of nitrogens with two attached hydrogens (primary N) is 1. The number of nitrogens with zero attached hydrogens (tertiary/aromatic N) is 1. The SMILES string of the molecule is Cc1ccc(NC(=O)CN2CC(C)C(C)C2)cc1N. The first-order valence-corrected chi connectivity index (χ1v) is 6.84.